The number of nitrogens with zero attached hydrogens (tertiary/aromatic N) is 2. The third-order valence-corrected chi connectivity index (χ3v) is 4.78. The van der Waals surface area contributed by atoms with Crippen LogP contribution in [0.25, 0.3) is 0 Å². The van der Waals surface area contributed by atoms with Crippen LogP contribution in [0.2, 0.25) is 0 Å². The van der Waals surface area contributed by atoms with Crippen LogP contribution in [0.3, 0.4) is 0 Å². The molecule has 0 atom stereocenters. The Labute approximate surface area is 143 Å². The molecule has 3 rings (SSSR count). The molecule has 1 aromatic carbocycles. The summed E-state index contributed by atoms with van der Waals surface area (Å²) in [5.41, 5.74) is 0.524. The molecule has 2 aliphatic heterocycles. The van der Waals surface area contributed by atoms with Crippen molar-refractivity contribution in [2.75, 3.05) is 38.4 Å². The van der Waals surface area contributed by atoms with Crippen molar-refractivity contribution in [3.05, 3.63) is 18.2 Å². The lowest BCUT2D eigenvalue weighted by atomic mass is 10.1. The lowest BCUT2D eigenvalue weighted by Crippen LogP contribution is -2.62. The zero-order valence-electron chi connectivity index (χ0n) is 13.3. The molecular formula is C15H17N3O5S. The Hall–Kier alpha value is -2.42. The summed E-state index contributed by atoms with van der Waals surface area (Å²) in [5.74, 6) is 1.11. The van der Waals surface area contributed by atoms with Crippen LogP contribution < -0.4 is 14.8 Å². The predicted molar refractivity (Wildman–Crippen MR) is 88.6 cm³/mol. The highest BCUT2D eigenvalue weighted by molar-refractivity contribution is 8.14. The molecule has 2 fully saturated rings. The smallest absolute Gasteiger partial charge is 0.322 e. The number of carbonyl (C=O) groups is 3. The Morgan fingerprint density at radius 2 is 2.00 bits per heavy atom. The van der Waals surface area contributed by atoms with Gasteiger partial charge < -0.3 is 19.7 Å². The van der Waals surface area contributed by atoms with Gasteiger partial charge in [0.2, 0.25) is 5.91 Å². The van der Waals surface area contributed by atoms with E-state index in [0.29, 0.717) is 30.3 Å². The van der Waals surface area contributed by atoms with Crippen molar-refractivity contribution in [1.82, 2.24) is 9.80 Å². The standard InChI is InChI=1S/C15H17N3O5S/c1-22-10-3-4-11(12(5-10)23-2)16-14(20)17-6-9(7-17)18-13(19)8-24-15(18)21/h3-5,9H,6-8H2,1-2H3,(H,16,20). The van der Waals surface area contributed by atoms with Crippen LogP contribution in [0, 0.1) is 0 Å². The van der Waals surface area contributed by atoms with Crippen LogP contribution in [0.1, 0.15) is 0 Å². The Morgan fingerprint density at radius 3 is 2.58 bits per heavy atom. The van der Waals surface area contributed by atoms with Crippen molar-refractivity contribution >= 4 is 34.6 Å². The molecule has 8 nitrogen and oxygen atoms in total. The molecule has 2 heterocycles. The second kappa shape index (κ2) is 6.60. The molecule has 0 unspecified atom stereocenters. The fraction of sp³-hybridized carbons (Fsp3) is 0.400. The van der Waals surface area contributed by atoms with Crippen LogP contribution in [-0.4, -0.2) is 66.1 Å². The zero-order chi connectivity index (χ0) is 17.3. The van der Waals surface area contributed by atoms with Gasteiger partial charge in [-0.05, 0) is 12.1 Å². The van der Waals surface area contributed by atoms with Crippen LogP contribution in [0.4, 0.5) is 15.3 Å². The van der Waals surface area contributed by atoms with Gasteiger partial charge in [0.1, 0.15) is 11.5 Å². The molecule has 128 valence electrons. The first-order valence-corrected chi connectivity index (χ1v) is 8.29. The number of hydrogen-bond donors (Lipinski definition) is 1. The van der Waals surface area contributed by atoms with E-state index in [-0.39, 0.29) is 29.0 Å². The van der Waals surface area contributed by atoms with Crippen LogP contribution in [0.15, 0.2) is 18.2 Å². The molecule has 0 saturated carbocycles. The average Bonchev–Trinajstić information content (AvgIpc) is 2.86. The maximum atomic E-state index is 12.3. The van der Waals surface area contributed by atoms with Crippen molar-refractivity contribution in [3.63, 3.8) is 0 Å². The van der Waals surface area contributed by atoms with E-state index in [0.717, 1.165) is 11.8 Å². The van der Waals surface area contributed by atoms with E-state index in [1.807, 2.05) is 0 Å². The summed E-state index contributed by atoms with van der Waals surface area (Å²) in [6.07, 6.45) is 0. The minimum Gasteiger partial charge on any atom is -0.497 e. The molecule has 9 heteroatoms. The molecule has 2 aliphatic rings. The number of nitrogens with one attached hydrogen (secondary N) is 1. The summed E-state index contributed by atoms with van der Waals surface area (Å²) in [7, 11) is 3.05. The molecular weight excluding hydrogens is 334 g/mol. The third-order valence-electron chi connectivity index (χ3n) is 3.95. The second-order valence-electron chi connectivity index (χ2n) is 5.37. The highest BCUT2D eigenvalue weighted by atomic mass is 32.2. The fourth-order valence-corrected chi connectivity index (χ4v) is 3.37. The fourth-order valence-electron chi connectivity index (χ4n) is 2.60. The minimum absolute atomic E-state index is 0.185. The molecule has 0 aromatic heterocycles. The largest absolute Gasteiger partial charge is 0.497 e. The van der Waals surface area contributed by atoms with Gasteiger partial charge in [0.25, 0.3) is 5.24 Å². The van der Waals surface area contributed by atoms with Crippen molar-refractivity contribution in [3.8, 4) is 11.5 Å². The number of methoxy groups -OCH3 is 2. The third kappa shape index (κ3) is 2.99. The summed E-state index contributed by atoms with van der Waals surface area (Å²) in [6, 6.07) is 4.55. The first-order valence-electron chi connectivity index (χ1n) is 7.30. The number of likely N-dealkylation sites (tertiary alicyclic amines) is 1. The van der Waals surface area contributed by atoms with Gasteiger partial charge in [-0.1, -0.05) is 11.8 Å². The van der Waals surface area contributed by atoms with Crippen molar-refractivity contribution < 1.29 is 23.9 Å². The monoisotopic (exact) mass is 351 g/mol. The van der Waals surface area contributed by atoms with E-state index in [1.54, 1.807) is 25.3 Å². The molecule has 2 saturated heterocycles. The molecule has 0 bridgehead atoms. The average molecular weight is 351 g/mol. The summed E-state index contributed by atoms with van der Waals surface area (Å²) >= 11 is 1.00. The Kier molecular flexibility index (Phi) is 4.52. The molecule has 0 radical (unpaired) electrons. The molecule has 4 amide bonds. The van der Waals surface area contributed by atoms with Gasteiger partial charge in [-0.15, -0.1) is 0 Å². The number of amides is 4. The molecule has 24 heavy (non-hydrogen) atoms. The maximum Gasteiger partial charge on any atom is 0.322 e. The number of hydrogen-bond acceptors (Lipinski definition) is 6. The Bertz CT molecular complexity index is 674. The van der Waals surface area contributed by atoms with Gasteiger partial charge >= 0.3 is 6.03 Å². The highest BCUT2D eigenvalue weighted by Gasteiger charge is 2.43. The van der Waals surface area contributed by atoms with Gasteiger partial charge in [-0.3, -0.25) is 14.5 Å². The number of urea groups is 1. The predicted octanol–water partition coefficient (Wildman–Crippen LogP) is 1.62. The molecule has 0 spiro atoms. The summed E-state index contributed by atoms with van der Waals surface area (Å²) in [5, 5.41) is 2.53. The van der Waals surface area contributed by atoms with E-state index < -0.39 is 0 Å². The van der Waals surface area contributed by atoms with Gasteiger partial charge in [0, 0.05) is 19.2 Å². The molecule has 1 N–H and O–H groups in total. The van der Waals surface area contributed by atoms with E-state index in [4.69, 9.17) is 9.47 Å². The number of anilines is 1. The summed E-state index contributed by atoms with van der Waals surface area (Å²) < 4.78 is 10.4. The lowest BCUT2D eigenvalue weighted by molar-refractivity contribution is -0.128. The molecule has 1 aromatic rings. The van der Waals surface area contributed by atoms with E-state index >= 15 is 0 Å². The first-order chi connectivity index (χ1) is 11.5. The number of rotatable bonds is 4. The minimum atomic E-state index is -0.304. The van der Waals surface area contributed by atoms with E-state index in [2.05, 4.69) is 5.32 Å². The van der Waals surface area contributed by atoms with Gasteiger partial charge in [0.05, 0.1) is 31.7 Å². The van der Waals surface area contributed by atoms with Crippen molar-refractivity contribution in [2.24, 2.45) is 0 Å². The normalized spacial score (nSPS) is 17.8. The Balaban J connectivity index is 1.59. The first kappa shape index (κ1) is 16.4. The van der Waals surface area contributed by atoms with Crippen LogP contribution >= 0.6 is 11.8 Å². The van der Waals surface area contributed by atoms with Crippen molar-refractivity contribution in [1.29, 1.82) is 0 Å². The number of carbonyl (C=O) groups excluding carboxylic acids is 3. The summed E-state index contributed by atoms with van der Waals surface area (Å²) in [6.45, 7) is 0.671. The Morgan fingerprint density at radius 1 is 1.25 bits per heavy atom. The SMILES string of the molecule is COc1ccc(NC(=O)N2CC(N3C(=O)CSC3=O)C2)c(OC)c1. The van der Waals surface area contributed by atoms with Gasteiger partial charge in [0.15, 0.2) is 0 Å². The highest BCUT2D eigenvalue weighted by Crippen LogP contribution is 2.30. The van der Waals surface area contributed by atoms with Gasteiger partial charge in [-0.25, -0.2) is 4.79 Å². The van der Waals surface area contributed by atoms with Crippen molar-refractivity contribution in [2.45, 2.75) is 6.04 Å². The van der Waals surface area contributed by atoms with E-state index in [1.165, 1.54) is 16.9 Å². The number of thioether (sulfide) groups is 1. The van der Waals surface area contributed by atoms with Gasteiger partial charge in [-0.2, -0.15) is 0 Å². The van der Waals surface area contributed by atoms with Crippen LogP contribution in [0.5, 0.6) is 11.5 Å². The summed E-state index contributed by atoms with van der Waals surface area (Å²) in [4.78, 5) is 38.4. The van der Waals surface area contributed by atoms with E-state index in [9.17, 15) is 14.4 Å². The second-order valence-corrected chi connectivity index (χ2v) is 6.30. The number of imide groups is 1. The zero-order valence-corrected chi connectivity index (χ0v) is 14.1. The number of ether oxygens (including phenoxy) is 2. The maximum absolute atomic E-state index is 12.3. The topological polar surface area (TPSA) is 88.2 Å². The van der Waals surface area contributed by atoms with Crippen LogP contribution in [-0.2, 0) is 4.79 Å². The lowest BCUT2D eigenvalue weighted by Gasteiger charge is -2.42. The number of benzene rings is 1. The molecule has 0 aliphatic carbocycles. The quantitative estimate of drug-likeness (QED) is 0.887.